The van der Waals surface area contributed by atoms with E-state index in [1.165, 1.54) is 12.1 Å². The van der Waals surface area contributed by atoms with Crippen LogP contribution in [0.1, 0.15) is 46.1 Å². The van der Waals surface area contributed by atoms with E-state index in [1.807, 2.05) is 38.1 Å². The van der Waals surface area contributed by atoms with Crippen molar-refractivity contribution >= 4 is 34.2 Å². The maximum atomic E-state index is 13.6. The Morgan fingerprint density at radius 3 is 2.68 bits per heavy atom. The fraction of sp³-hybridized carbons (Fsp3) is 0.208. The van der Waals surface area contributed by atoms with E-state index in [4.69, 9.17) is 21.7 Å². The molecule has 1 aliphatic rings. The number of pyridine rings is 1. The minimum absolute atomic E-state index is 0.314. The van der Waals surface area contributed by atoms with Gasteiger partial charge in [0.25, 0.3) is 5.91 Å². The summed E-state index contributed by atoms with van der Waals surface area (Å²) in [5, 5.41) is 8.83. The standard InChI is InChI=1S/C24H20ClFN4O/c1-13-19(25)7-4-8-21(13)30-23-22(14(2)29-30)18(12-20(28-23)15-9-10-15)24(31)27-17-6-3-5-16(26)11-17/h3-8,11-12,15H,9-10H2,1-2H3,(H,27,31). The van der Waals surface area contributed by atoms with E-state index in [-0.39, 0.29) is 5.91 Å². The average molecular weight is 435 g/mol. The van der Waals surface area contributed by atoms with Crippen molar-refractivity contribution in [1.29, 1.82) is 0 Å². The molecule has 156 valence electrons. The number of benzene rings is 2. The number of nitrogens with one attached hydrogen (secondary N) is 1. The number of amides is 1. The molecule has 5 nitrogen and oxygen atoms in total. The lowest BCUT2D eigenvalue weighted by atomic mass is 10.1. The molecule has 31 heavy (non-hydrogen) atoms. The van der Waals surface area contributed by atoms with Crippen LogP contribution in [0.25, 0.3) is 16.7 Å². The third-order valence-electron chi connectivity index (χ3n) is 5.62. The van der Waals surface area contributed by atoms with Crippen molar-refractivity contribution in [3.8, 4) is 5.69 Å². The molecule has 0 unspecified atom stereocenters. The number of aromatic nitrogens is 3. The van der Waals surface area contributed by atoms with E-state index in [9.17, 15) is 9.18 Å². The van der Waals surface area contributed by atoms with Gasteiger partial charge in [0.1, 0.15) is 5.82 Å². The number of rotatable bonds is 4. The molecule has 0 atom stereocenters. The van der Waals surface area contributed by atoms with Gasteiger partial charge in [-0.05, 0) is 68.7 Å². The molecular weight excluding hydrogens is 415 g/mol. The molecule has 1 amide bonds. The molecule has 1 N–H and O–H groups in total. The van der Waals surface area contributed by atoms with Crippen LogP contribution in [0.3, 0.4) is 0 Å². The van der Waals surface area contributed by atoms with Crippen LogP contribution in [0.4, 0.5) is 10.1 Å². The quantitative estimate of drug-likeness (QED) is 0.431. The number of anilines is 1. The first kappa shape index (κ1) is 19.7. The van der Waals surface area contributed by atoms with Gasteiger partial charge in [0.05, 0.1) is 22.3 Å². The first-order valence-corrected chi connectivity index (χ1v) is 10.5. The molecule has 0 saturated heterocycles. The highest BCUT2D eigenvalue weighted by Crippen LogP contribution is 2.41. The summed E-state index contributed by atoms with van der Waals surface area (Å²) < 4.78 is 15.4. The van der Waals surface area contributed by atoms with Crippen LogP contribution < -0.4 is 5.32 Å². The zero-order valence-electron chi connectivity index (χ0n) is 17.1. The third-order valence-corrected chi connectivity index (χ3v) is 6.03. The molecule has 0 radical (unpaired) electrons. The maximum absolute atomic E-state index is 13.6. The molecule has 4 aromatic rings. The molecule has 0 bridgehead atoms. The smallest absolute Gasteiger partial charge is 0.256 e. The lowest BCUT2D eigenvalue weighted by molar-refractivity contribution is 0.102. The van der Waals surface area contributed by atoms with E-state index in [0.717, 1.165) is 29.8 Å². The van der Waals surface area contributed by atoms with Crippen molar-refractivity contribution in [2.75, 3.05) is 5.32 Å². The normalized spacial score (nSPS) is 13.5. The number of carbonyl (C=O) groups excluding carboxylic acids is 1. The predicted molar refractivity (Wildman–Crippen MR) is 120 cm³/mol. The zero-order chi connectivity index (χ0) is 21.7. The Kier molecular flexibility index (Phi) is 4.74. The van der Waals surface area contributed by atoms with Gasteiger partial charge in [0, 0.05) is 22.3 Å². The Labute approximate surface area is 183 Å². The van der Waals surface area contributed by atoms with Crippen LogP contribution >= 0.6 is 11.6 Å². The van der Waals surface area contributed by atoms with E-state index in [0.29, 0.717) is 38.9 Å². The third kappa shape index (κ3) is 3.57. The van der Waals surface area contributed by atoms with Crippen LogP contribution in [0, 0.1) is 19.7 Å². The lowest BCUT2D eigenvalue weighted by Crippen LogP contribution is -2.14. The van der Waals surface area contributed by atoms with Gasteiger partial charge >= 0.3 is 0 Å². The number of aryl methyl sites for hydroxylation is 1. The summed E-state index contributed by atoms with van der Waals surface area (Å²) in [5.74, 6) is -0.378. The Morgan fingerprint density at radius 2 is 1.94 bits per heavy atom. The fourth-order valence-corrected chi connectivity index (χ4v) is 4.00. The highest BCUT2D eigenvalue weighted by atomic mass is 35.5. The van der Waals surface area contributed by atoms with Gasteiger partial charge in [-0.15, -0.1) is 0 Å². The summed E-state index contributed by atoms with van der Waals surface area (Å²) in [4.78, 5) is 18.1. The number of hydrogen-bond acceptors (Lipinski definition) is 3. The highest BCUT2D eigenvalue weighted by Gasteiger charge is 2.29. The Morgan fingerprint density at radius 1 is 1.16 bits per heavy atom. The van der Waals surface area contributed by atoms with E-state index in [2.05, 4.69) is 5.32 Å². The molecule has 1 aliphatic carbocycles. The number of fused-ring (bicyclic) bond motifs is 1. The summed E-state index contributed by atoms with van der Waals surface area (Å²) in [7, 11) is 0. The van der Waals surface area contributed by atoms with E-state index in [1.54, 1.807) is 16.8 Å². The maximum Gasteiger partial charge on any atom is 0.256 e. The molecule has 2 heterocycles. The van der Waals surface area contributed by atoms with Crippen LogP contribution in [0.2, 0.25) is 5.02 Å². The minimum atomic E-state index is -0.406. The predicted octanol–water partition coefficient (Wildman–Crippen LogP) is 5.96. The molecule has 0 spiro atoms. The Bertz CT molecular complexity index is 1340. The van der Waals surface area contributed by atoms with Crippen LogP contribution in [0.5, 0.6) is 0 Å². The molecule has 2 aromatic heterocycles. The molecule has 5 rings (SSSR count). The van der Waals surface area contributed by atoms with Crippen molar-refractivity contribution in [1.82, 2.24) is 14.8 Å². The summed E-state index contributed by atoms with van der Waals surface area (Å²) >= 11 is 6.34. The second-order valence-corrected chi connectivity index (χ2v) is 8.32. The average Bonchev–Trinajstić information content (AvgIpc) is 3.54. The van der Waals surface area contributed by atoms with Gasteiger partial charge in [-0.1, -0.05) is 23.7 Å². The summed E-state index contributed by atoms with van der Waals surface area (Å²) in [6.07, 6.45) is 2.10. The molecule has 1 fully saturated rings. The number of hydrogen-bond donors (Lipinski definition) is 1. The van der Waals surface area contributed by atoms with Crippen molar-refractivity contribution in [3.05, 3.63) is 81.9 Å². The van der Waals surface area contributed by atoms with Crippen LogP contribution in [-0.2, 0) is 0 Å². The van der Waals surface area contributed by atoms with Crippen LogP contribution in [-0.4, -0.2) is 20.7 Å². The second kappa shape index (κ2) is 7.46. The SMILES string of the molecule is Cc1c(Cl)cccc1-n1nc(C)c2c(C(=O)Nc3cccc(F)c3)cc(C3CC3)nc21. The second-order valence-electron chi connectivity index (χ2n) is 7.91. The number of nitrogens with zero attached hydrogens (tertiary/aromatic N) is 3. The molecule has 1 saturated carbocycles. The Balaban J connectivity index is 1.69. The minimum Gasteiger partial charge on any atom is -0.322 e. The largest absolute Gasteiger partial charge is 0.322 e. The fourth-order valence-electron chi connectivity index (χ4n) is 3.83. The molecule has 0 aliphatic heterocycles. The summed E-state index contributed by atoms with van der Waals surface area (Å²) in [6.45, 7) is 3.79. The van der Waals surface area contributed by atoms with Gasteiger partial charge in [0.15, 0.2) is 5.65 Å². The monoisotopic (exact) mass is 434 g/mol. The van der Waals surface area contributed by atoms with Gasteiger partial charge in [-0.2, -0.15) is 5.10 Å². The van der Waals surface area contributed by atoms with E-state index >= 15 is 0 Å². The molecule has 2 aromatic carbocycles. The van der Waals surface area contributed by atoms with Crippen LogP contribution in [0.15, 0.2) is 48.5 Å². The summed E-state index contributed by atoms with van der Waals surface area (Å²) in [5.41, 5.74) is 4.78. The number of halogens is 2. The first-order chi connectivity index (χ1) is 14.9. The zero-order valence-corrected chi connectivity index (χ0v) is 17.9. The lowest BCUT2D eigenvalue weighted by Gasteiger charge is -2.11. The van der Waals surface area contributed by atoms with Gasteiger partial charge < -0.3 is 5.32 Å². The van der Waals surface area contributed by atoms with E-state index < -0.39 is 5.82 Å². The van der Waals surface area contributed by atoms with Crippen molar-refractivity contribution in [2.24, 2.45) is 0 Å². The van der Waals surface area contributed by atoms with Gasteiger partial charge in [-0.25, -0.2) is 14.1 Å². The summed E-state index contributed by atoms with van der Waals surface area (Å²) in [6, 6.07) is 13.3. The topological polar surface area (TPSA) is 59.8 Å². The van der Waals surface area contributed by atoms with Gasteiger partial charge in [0.2, 0.25) is 0 Å². The number of carbonyl (C=O) groups is 1. The molecule has 7 heteroatoms. The van der Waals surface area contributed by atoms with Gasteiger partial charge in [-0.3, -0.25) is 4.79 Å². The molecular formula is C24H20ClFN4O. The highest BCUT2D eigenvalue weighted by molar-refractivity contribution is 6.31. The Hall–Kier alpha value is -3.25. The van der Waals surface area contributed by atoms with Crippen molar-refractivity contribution in [3.63, 3.8) is 0 Å². The van der Waals surface area contributed by atoms with Crippen molar-refractivity contribution in [2.45, 2.75) is 32.6 Å². The van der Waals surface area contributed by atoms with Crippen molar-refractivity contribution < 1.29 is 9.18 Å². The first-order valence-electron chi connectivity index (χ1n) is 10.1.